The SMILES string of the molecule is COc1cc2ncnc(Nc3ccc(S(=O)(=O)Nc4ncccn4)cc3)c2cc1OC. The van der Waals surface area contributed by atoms with Gasteiger partial charge in [-0.2, -0.15) is 0 Å². The number of benzene rings is 2. The van der Waals surface area contributed by atoms with Gasteiger partial charge in [-0.1, -0.05) is 0 Å². The molecule has 2 aromatic heterocycles. The minimum atomic E-state index is -3.81. The van der Waals surface area contributed by atoms with Crippen LogP contribution in [0.15, 0.2) is 66.1 Å². The van der Waals surface area contributed by atoms with Crippen molar-refractivity contribution in [2.45, 2.75) is 4.90 Å². The molecule has 0 spiro atoms. The van der Waals surface area contributed by atoms with Gasteiger partial charge in [-0.25, -0.2) is 33.1 Å². The van der Waals surface area contributed by atoms with Gasteiger partial charge < -0.3 is 14.8 Å². The topological polar surface area (TPSA) is 128 Å². The zero-order valence-corrected chi connectivity index (χ0v) is 17.4. The second-order valence-electron chi connectivity index (χ2n) is 6.27. The molecule has 10 nitrogen and oxygen atoms in total. The number of aromatic nitrogens is 4. The number of hydrogen-bond acceptors (Lipinski definition) is 9. The third-order valence-electron chi connectivity index (χ3n) is 4.36. The largest absolute Gasteiger partial charge is 0.493 e. The molecule has 0 amide bonds. The summed E-state index contributed by atoms with van der Waals surface area (Å²) in [6.45, 7) is 0. The van der Waals surface area contributed by atoms with Crippen LogP contribution in [0, 0.1) is 0 Å². The molecule has 2 N–H and O–H groups in total. The van der Waals surface area contributed by atoms with Crippen LogP contribution in [0.3, 0.4) is 0 Å². The maximum atomic E-state index is 12.5. The zero-order valence-electron chi connectivity index (χ0n) is 16.6. The molecule has 0 saturated carbocycles. The summed E-state index contributed by atoms with van der Waals surface area (Å²) in [7, 11) is -0.709. The van der Waals surface area contributed by atoms with Crippen LogP contribution < -0.4 is 19.5 Å². The van der Waals surface area contributed by atoms with Crippen molar-refractivity contribution in [2.75, 3.05) is 24.3 Å². The molecule has 11 heteroatoms. The van der Waals surface area contributed by atoms with Gasteiger partial charge in [0.15, 0.2) is 11.5 Å². The van der Waals surface area contributed by atoms with Crippen molar-refractivity contribution in [1.82, 2.24) is 19.9 Å². The van der Waals surface area contributed by atoms with E-state index in [-0.39, 0.29) is 10.8 Å². The van der Waals surface area contributed by atoms with E-state index in [9.17, 15) is 8.42 Å². The van der Waals surface area contributed by atoms with Gasteiger partial charge in [0.1, 0.15) is 12.1 Å². The summed E-state index contributed by atoms with van der Waals surface area (Å²) in [4.78, 5) is 16.4. The van der Waals surface area contributed by atoms with Gasteiger partial charge in [-0.05, 0) is 36.4 Å². The summed E-state index contributed by atoms with van der Waals surface area (Å²) in [5.41, 5.74) is 1.31. The Morgan fingerprint density at radius 1 is 0.871 bits per heavy atom. The summed E-state index contributed by atoms with van der Waals surface area (Å²) < 4.78 is 38.0. The first-order chi connectivity index (χ1) is 15.0. The van der Waals surface area contributed by atoms with E-state index in [2.05, 4.69) is 30.0 Å². The molecule has 0 atom stereocenters. The number of anilines is 3. The molecular weight excluding hydrogens is 420 g/mol. The third-order valence-corrected chi connectivity index (χ3v) is 5.70. The fourth-order valence-corrected chi connectivity index (χ4v) is 3.83. The molecule has 0 aliphatic rings. The monoisotopic (exact) mass is 438 g/mol. The molecule has 158 valence electrons. The van der Waals surface area contributed by atoms with Crippen LogP contribution in [-0.4, -0.2) is 42.6 Å². The van der Waals surface area contributed by atoms with Crippen molar-refractivity contribution in [3.05, 3.63) is 61.2 Å². The van der Waals surface area contributed by atoms with E-state index in [0.29, 0.717) is 28.5 Å². The van der Waals surface area contributed by atoms with E-state index in [1.54, 1.807) is 44.6 Å². The lowest BCUT2D eigenvalue weighted by Gasteiger charge is -2.12. The minimum absolute atomic E-state index is 0.00142. The highest BCUT2D eigenvalue weighted by Crippen LogP contribution is 2.34. The predicted octanol–water partition coefficient (Wildman–Crippen LogP) is 2.98. The standard InChI is InChI=1S/C20H18N6O4S/c1-29-17-10-15-16(11-18(17)30-2)23-12-24-19(15)25-13-4-6-14(7-5-13)31(27,28)26-20-21-8-3-9-22-20/h3-12H,1-2H3,(H,21,22,26)(H,23,24,25). The van der Waals surface area contributed by atoms with Gasteiger partial charge in [0.05, 0.1) is 24.6 Å². The Labute approximate surface area is 178 Å². The summed E-state index contributed by atoms with van der Waals surface area (Å²) in [6, 6.07) is 11.3. The minimum Gasteiger partial charge on any atom is -0.493 e. The van der Waals surface area contributed by atoms with Crippen LogP contribution in [0.2, 0.25) is 0 Å². The lowest BCUT2D eigenvalue weighted by molar-refractivity contribution is 0.356. The van der Waals surface area contributed by atoms with Gasteiger partial charge in [0.25, 0.3) is 10.0 Å². The van der Waals surface area contributed by atoms with E-state index >= 15 is 0 Å². The number of rotatable bonds is 7. The summed E-state index contributed by atoms with van der Waals surface area (Å²) in [5, 5.41) is 3.90. The molecule has 0 aliphatic heterocycles. The van der Waals surface area contributed by atoms with Crippen molar-refractivity contribution >= 4 is 38.4 Å². The normalized spacial score (nSPS) is 11.2. The molecule has 0 radical (unpaired) electrons. The number of nitrogens with zero attached hydrogens (tertiary/aromatic N) is 4. The Morgan fingerprint density at radius 3 is 2.23 bits per heavy atom. The number of ether oxygens (including phenoxy) is 2. The average molecular weight is 438 g/mol. The Balaban J connectivity index is 1.60. The van der Waals surface area contributed by atoms with Gasteiger partial charge in [-0.3, -0.25) is 0 Å². The fraction of sp³-hybridized carbons (Fsp3) is 0.100. The zero-order chi connectivity index (χ0) is 21.8. The lowest BCUT2D eigenvalue weighted by Crippen LogP contribution is -2.14. The van der Waals surface area contributed by atoms with E-state index in [1.165, 1.54) is 30.9 Å². The molecule has 0 unspecified atom stereocenters. The maximum absolute atomic E-state index is 12.5. The molecule has 2 aromatic carbocycles. The lowest BCUT2D eigenvalue weighted by atomic mass is 10.2. The van der Waals surface area contributed by atoms with Crippen LogP contribution in [0.1, 0.15) is 0 Å². The molecule has 0 saturated heterocycles. The quantitative estimate of drug-likeness (QED) is 0.447. The molecule has 2 heterocycles. The second kappa shape index (κ2) is 8.40. The molecule has 0 aliphatic carbocycles. The average Bonchev–Trinajstić information content (AvgIpc) is 2.79. The van der Waals surface area contributed by atoms with Crippen molar-refractivity contribution in [1.29, 1.82) is 0 Å². The maximum Gasteiger partial charge on any atom is 0.264 e. The Hall–Kier alpha value is -3.99. The van der Waals surface area contributed by atoms with Gasteiger partial charge in [-0.15, -0.1) is 0 Å². The van der Waals surface area contributed by atoms with Gasteiger partial charge in [0.2, 0.25) is 5.95 Å². The summed E-state index contributed by atoms with van der Waals surface area (Å²) in [5.74, 6) is 1.64. The highest BCUT2D eigenvalue weighted by molar-refractivity contribution is 7.92. The molecule has 0 bridgehead atoms. The van der Waals surface area contributed by atoms with E-state index in [1.807, 2.05) is 0 Å². The van der Waals surface area contributed by atoms with Gasteiger partial charge in [0, 0.05) is 29.5 Å². The first kappa shape index (κ1) is 20.3. The summed E-state index contributed by atoms with van der Waals surface area (Å²) in [6.07, 6.45) is 4.34. The van der Waals surface area contributed by atoms with Crippen molar-refractivity contribution in [3.8, 4) is 11.5 Å². The Morgan fingerprint density at radius 2 is 1.55 bits per heavy atom. The van der Waals surface area contributed by atoms with E-state index in [0.717, 1.165) is 5.39 Å². The number of nitrogens with one attached hydrogen (secondary N) is 2. The number of sulfonamides is 1. The number of hydrogen-bond donors (Lipinski definition) is 2. The van der Waals surface area contributed by atoms with Crippen molar-refractivity contribution in [3.63, 3.8) is 0 Å². The molecular formula is C20H18N6O4S. The van der Waals surface area contributed by atoms with Crippen molar-refractivity contribution in [2.24, 2.45) is 0 Å². The molecule has 31 heavy (non-hydrogen) atoms. The number of methoxy groups -OCH3 is 2. The fourth-order valence-electron chi connectivity index (χ4n) is 2.87. The van der Waals surface area contributed by atoms with Crippen LogP contribution in [0.5, 0.6) is 11.5 Å². The van der Waals surface area contributed by atoms with E-state index in [4.69, 9.17) is 9.47 Å². The molecule has 4 rings (SSSR count). The summed E-state index contributed by atoms with van der Waals surface area (Å²) >= 11 is 0. The van der Waals surface area contributed by atoms with Crippen LogP contribution in [-0.2, 0) is 10.0 Å². The first-order valence-electron chi connectivity index (χ1n) is 9.04. The highest BCUT2D eigenvalue weighted by atomic mass is 32.2. The first-order valence-corrected chi connectivity index (χ1v) is 10.5. The molecule has 4 aromatic rings. The Kier molecular flexibility index (Phi) is 5.50. The second-order valence-corrected chi connectivity index (χ2v) is 7.96. The number of fused-ring (bicyclic) bond motifs is 1. The predicted molar refractivity (Wildman–Crippen MR) is 115 cm³/mol. The van der Waals surface area contributed by atoms with Gasteiger partial charge >= 0.3 is 0 Å². The van der Waals surface area contributed by atoms with E-state index < -0.39 is 10.0 Å². The Bertz CT molecular complexity index is 1320. The smallest absolute Gasteiger partial charge is 0.264 e. The van der Waals surface area contributed by atoms with Crippen LogP contribution in [0.4, 0.5) is 17.5 Å². The van der Waals surface area contributed by atoms with Crippen molar-refractivity contribution < 1.29 is 17.9 Å². The molecule has 0 fully saturated rings. The van der Waals surface area contributed by atoms with Crippen LogP contribution >= 0.6 is 0 Å². The highest BCUT2D eigenvalue weighted by Gasteiger charge is 2.16. The van der Waals surface area contributed by atoms with Crippen LogP contribution in [0.25, 0.3) is 10.9 Å². The third kappa shape index (κ3) is 4.31.